The molecule has 0 aliphatic rings. The van der Waals surface area contributed by atoms with Gasteiger partial charge in [0.2, 0.25) is 11.8 Å². The Morgan fingerprint density at radius 2 is 2.10 bits per heavy atom. The second kappa shape index (κ2) is 9.62. The van der Waals surface area contributed by atoms with Crippen LogP contribution in [0.15, 0.2) is 29.6 Å². The van der Waals surface area contributed by atoms with Crippen LogP contribution in [0.3, 0.4) is 0 Å². The van der Waals surface area contributed by atoms with Crippen molar-refractivity contribution in [1.82, 2.24) is 15.7 Å². The summed E-state index contributed by atoms with van der Waals surface area (Å²) in [6.45, 7) is 1.06. The molecular formula is C13H18N4O3. The summed E-state index contributed by atoms with van der Waals surface area (Å²) in [6.07, 6.45) is 5.19. The van der Waals surface area contributed by atoms with Gasteiger partial charge in [-0.1, -0.05) is 0 Å². The topological polar surface area (TPSA) is 92.7 Å². The maximum atomic E-state index is 11.4. The Morgan fingerprint density at radius 1 is 1.35 bits per heavy atom. The Morgan fingerprint density at radius 3 is 2.80 bits per heavy atom. The average molecular weight is 278 g/mol. The van der Waals surface area contributed by atoms with Crippen LogP contribution in [-0.4, -0.2) is 43.3 Å². The molecule has 0 saturated carbocycles. The summed E-state index contributed by atoms with van der Waals surface area (Å²) < 4.78 is 4.85. The first-order chi connectivity index (χ1) is 9.72. The lowest BCUT2D eigenvalue weighted by molar-refractivity contribution is -0.129. The average Bonchev–Trinajstić information content (AvgIpc) is 2.45. The fraction of sp³-hybridized carbons (Fsp3) is 0.385. The molecule has 7 nitrogen and oxygen atoms in total. The number of hydrazone groups is 1. The number of carbonyl (C=O) groups excluding carboxylic acids is 2. The third-order valence-corrected chi connectivity index (χ3v) is 2.28. The van der Waals surface area contributed by atoms with Gasteiger partial charge in [-0.25, -0.2) is 5.43 Å². The van der Waals surface area contributed by atoms with E-state index in [4.69, 9.17) is 4.74 Å². The fourth-order valence-electron chi connectivity index (χ4n) is 1.32. The molecule has 0 unspecified atom stereocenters. The zero-order chi connectivity index (χ0) is 14.6. The van der Waals surface area contributed by atoms with Crippen molar-refractivity contribution in [3.8, 4) is 0 Å². The number of methoxy groups -OCH3 is 1. The Kier molecular flexibility index (Phi) is 7.59. The van der Waals surface area contributed by atoms with Crippen molar-refractivity contribution in [2.24, 2.45) is 5.10 Å². The molecule has 1 aromatic rings. The van der Waals surface area contributed by atoms with Gasteiger partial charge in [-0.2, -0.15) is 5.10 Å². The summed E-state index contributed by atoms with van der Waals surface area (Å²) in [5, 5.41) is 6.37. The number of carbonyl (C=O) groups is 2. The molecule has 0 radical (unpaired) electrons. The van der Waals surface area contributed by atoms with Gasteiger partial charge in [0.15, 0.2) is 0 Å². The fourth-order valence-corrected chi connectivity index (χ4v) is 1.32. The quantitative estimate of drug-likeness (QED) is 0.305. The molecule has 0 bridgehead atoms. The number of aromatic nitrogens is 1. The molecule has 0 aliphatic carbocycles. The number of amides is 2. The highest BCUT2D eigenvalue weighted by molar-refractivity contribution is 5.97. The van der Waals surface area contributed by atoms with Crippen molar-refractivity contribution in [3.63, 3.8) is 0 Å². The Bertz CT molecular complexity index is 448. The standard InChI is InChI=1S/C13H18N4O3/c1-20-8-2-5-15-12(18)9-13(19)17-16-10-11-3-6-14-7-4-11/h3-4,6-7,10H,2,5,8-9H2,1H3,(H,15,18)(H,17,19)/b16-10+. The van der Waals surface area contributed by atoms with Gasteiger partial charge in [0.25, 0.3) is 0 Å². The summed E-state index contributed by atoms with van der Waals surface area (Å²) in [5.41, 5.74) is 3.10. The highest BCUT2D eigenvalue weighted by Crippen LogP contribution is 1.90. The molecule has 0 saturated heterocycles. The largest absolute Gasteiger partial charge is 0.385 e. The highest BCUT2D eigenvalue weighted by atomic mass is 16.5. The van der Waals surface area contributed by atoms with Crippen molar-refractivity contribution < 1.29 is 14.3 Å². The molecule has 20 heavy (non-hydrogen) atoms. The molecule has 2 amide bonds. The van der Waals surface area contributed by atoms with E-state index in [1.807, 2.05) is 0 Å². The van der Waals surface area contributed by atoms with Crippen LogP contribution in [0.5, 0.6) is 0 Å². The van der Waals surface area contributed by atoms with E-state index in [-0.39, 0.29) is 12.3 Å². The van der Waals surface area contributed by atoms with Gasteiger partial charge in [0, 0.05) is 32.7 Å². The number of hydrogen-bond acceptors (Lipinski definition) is 5. The van der Waals surface area contributed by atoms with E-state index in [1.54, 1.807) is 31.6 Å². The lowest BCUT2D eigenvalue weighted by Crippen LogP contribution is -2.30. The van der Waals surface area contributed by atoms with Crippen LogP contribution in [0.4, 0.5) is 0 Å². The Labute approximate surface area is 117 Å². The highest BCUT2D eigenvalue weighted by Gasteiger charge is 2.07. The van der Waals surface area contributed by atoms with E-state index in [0.29, 0.717) is 19.6 Å². The van der Waals surface area contributed by atoms with Crippen LogP contribution >= 0.6 is 0 Å². The predicted molar refractivity (Wildman–Crippen MR) is 74.1 cm³/mol. The summed E-state index contributed by atoms with van der Waals surface area (Å²) in [7, 11) is 1.59. The van der Waals surface area contributed by atoms with Gasteiger partial charge in [-0.3, -0.25) is 14.6 Å². The maximum absolute atomic E-state index is 11.4. The van der Waals surface area contributed by atoms with Crippen LogP contribution in [0.25, 0.3) is 0 Å². The lowest BCUT2D eigenvalue weighted by Gasteiger charge is -2.03. The van der Waals surface area contributed by atoms with Gasteiger partial charge in [-0.15, -0.1) is 0 Å². The van der Waals surface area contributed by atoms with E-state index in [0.717, 1.165) is 5.56 Å². The molecular weight excluding hydrogens is 260 g/mol. The monoisotopic (exact) mass is 278 g/mol. The first-order valence-corrected chi connectivity index (χ1v) is 6.20. The number of pyridine rings is 1. The van der Waals surface area contributed by atoms with Crippen molar-refractivity contribution >= 4 is 18.0 Å². The number of ether oxygens (including phenoxy) is 1. The number of nitrogens with zero attached hydrogens (tertiary/aromatic N) is 2. The van der Waals surface area contributed by atoms with Gasteiger partial charge in [-0.05, 0) is 24.1 Å². The lowest BCUT2D eigenvalue weighted by atomic mass is 10.3. The molecule has 7 heteroatoms. The van der Waals surface area contributed by atoms with Gasteiger partial charge in [0.05, 0.1) is 6.21 Å². The summed E-state index contributed by atoms with van der Waals surface area (Å²) in [6, 6.07) is 3.50. The van der Waals surface area contributed by atoms with Gasteiger partial charge in [0.1, 0.15) is 6.42 Å². The summed E-state index contributed by atoms with van der Waals surface area (Å²) in [4.78, 5) is 26.6. The molecule has 2 N–H and O–H groups in total. The first kappa shape index (κ1) is 15.8. The molecule has 0 aromatic carbocycles. The molecule has 0 aliphatic heterocycles. The zero-order valence-electron chi connectivity index (χ0n) is 11.3. The third kappa shape index (κ3) is 7.22. The zero-order valence-corrected chi connectivity index (χ0v) is 11.3. The molecule has 108 valence electrons. The van der Waals surface area contributed by atoms with E-state index in [9.17, 15) is 9.59 Å². The SMILES string of the molecule is COCCCNC(=O)CC(=O)N/N=C/c1ccncc1. The predicted octanol–water partition coefficient (Wildman–Crippen LogP) is 0.0745. The van der Waals surface area contributed by atoms with Crippen LogP contribution in [0, 0.1) is 0 Å². The number of hydrogen-bond donors (Lipinski definition) is 2. The van der Waals surface area contributed by atoms with Crippen LogP contribution in [0.1, 0.15) is 18.4 Å². The van der Waals surface area contributed by atoms with Gasteiger partial charge >= 0.3 is 0 Å². The summed E-state index contributed by atoms with van der Waals surface area (Å²) >= 11 is 0. The summed E-state index contributed by atoms with van der Waals surface area (Å²) in [5.74, 6) is -0.794. The number of rotatable bonds is 8. The van der Waals surface area contributed by atoms with Crippen molar-refractivity contribution in [1.29, 1.82) is 0 Å². The first-order valence-electron chi connectivity index (χ1n) is 6.20. The molecule has 0 atom stereocenters. The van der Waals surface area contributed by atoms with Gasteiger partial charge < -0.3 is 10.1 Å². The van der Waals surface area contributed by atoms with Crippen LogP contribution in [-0.2, 0) is 14.3 Å². The van der Waals surface area contributed by atoms with Crippen molar-refractivity contribution in [2.75, 3.05) is 20.3 Å². The molecule has 0 spiro atoms. The van der Waals surface area contributed by atoms with E-state index >= 15 is 0 Å². The van der Waals surface area contributed by atoms with E-state index in [1.165, 1.54) is 6.21 Å². The molecule has 1 aromatic heterocycles. The molecule has 1 heterocycles. The number of nitrogens with one attached hydrogen (secondary N) is 2. The molecule has 1 rings (SSSR count). The maximum Gasteiger partial charge on any atom is 0.249 e. The van der Waals surface area contributed by atoms with Crippen LogP contribution in [0.2, 0.25) is 0 Å². The minimum absolute atomic E-state index is 0.249. The second-order valence-corrected chi connectivity index (χ2v) is 3.95. The van der Waals surface area contributed by atoms with Crippen molar-refractivity contribution in [2.45, 2.75) is 12.8 Å². The minimum Gasteiger partial charge on any atom is -0.385 e. The van der Waals surface area contributed by atoms with E-state index in [2.05, 4.69) is 20.8 Å². The normalized spacial score (nSPS) is 10.4. The second-order valence-electron chi connectivity index (χ2n) is 3.95. The van der Waals surface area contributed by atoms with Crippen LogP contribution < -0.4 is 10.7 Å². The van der Waals surface area contributed by atoms with E-state index < -0.39 is 5.91 Å². The third-order valence-electron chi connectivity index (χ3n) is 2.28. The Balaban J connectivity index is 2.19. The smallest absolute Gasteiger partial charge is 0.249 e. The molecule has 0 fully saturated rings. The van der Waals surface area contributed by atoms with Crippen molar-refractivity contribution in [3.05, 3.63) is 30.1 Å². The minimum atomic E-state index is -0.459. The Hall–Kier alpha value is -2.28.